The zero-order valence-electron chi connectivity index (χ0n) is 8.08. The van der Waals surface area contributed by atoms with Gasteiger partial charge in [0, 0.05) is 41.4 Å². The molecule has 0 aromatic heterocycles. The summed E-state index contributed by atoms with van der Waals surface area (Å²) in [5, 5.41) is 3.98. The first-order valence-electron chi connectivity index (χ1n) is 4.50. The van der Waals surface area contributed by atoms with E-state index in [1.807, 2.05) is 0 Å². The van der Waals surface area contributed by atoms with Crippen molar-refractivity contribution in [1.29, 1.82) is 0 Å². The van der Waals surface area contributed by atoms with Gasteiger partial charge in [-0.15, -0.1) is 0 Å². The second-order valence-corrected chi connectivity index (χ2v) is 5.52. The molecule has 1 fully saturated rings. The minimum atomic E-state index is -0.619. The number of nitrogens with one attached hydrogen (secondary N) is 1. The molecule has 1 rings (SSSR count). The van der Waals surface area contributed by atoms with Crippen LogP contribution in [0.3, 0.4) is 0 Å². The lowest BCUT2D eigenvalue weighted by Gasteiger charge is -2.29. The van der Waals surface area contributed by atoms with Crippen molar-refractivity contribution in [1.82, 2.24) is 10.2 Å². The second-order valence-electron chi connectivity index (χ2n) is 3.44. The van der Waals surface area contributed by atoms with Gasteiger partial charge in [0.2, 0.25) is 0 Å². The van der Waals surface area contributed by atoms with Gasteiger partial charge in [0.25, 0.3) is 0 Å². The van der Waals surface area contributed by atoms with E-state index in [1.165, 1.54) is 0 Å². The van der Waals surface area contributed by atoms with Crippen LogP contribution in [0.1, 0.15) is 13.8 Å². The quantitative estimate of drug-likeness (QED) is 0.646. The summed E-state index contributed by atoms with van der Waals surface area (Å²) in [4.78, 5) is 2.09. The standard InChI is InChI=1S/C8H16N2OS2/c1-7(2)9-8(12)10-3-5-13(11)6-4-10/h7H,3-6H2,1-2H3,(H,9,12). The van der Waals surface area contributed by atoms with Gasteiger partial charge in [-0.05, 0) is 26.1 Å². The fourth-order valence-corrected chi connectivity index (χ4v) is 2.65. The smallest absolute Gasteiger partial charge is 0.169 e. The Morgan fingerprint density at radius 2 is 2.00 bits per heavy atom. The third kappa shape index (κ3) is 3.60. The molecule has 1 heterocycles. The lowest BCUT2D eigenvalue weighted by Crippen LogP contribution is -2.48. The van der Waals surface area contributed by atoms with Crippen LogP contribution in [0.5, 0.6) is 0 Å². The third-order valence-electron chi connectivity index (χ3n) is 1.88. The van der Waals surface area contributed by atoms with Crippen LogP contribution in [0.15, 0.2) is 0 Å². The maximum atomic E-state index is 11.1. The predicted octanol–water partition coefficient (Wildman–Crippen LogP) is 0.334. The van der Waals surface area contributed by atoms with Gasteiger partial charge >= 0.3 is 0 Å². The molecule has 0 unspecified atom stereocenters. The van der Waals surface area contributed by atoms with Crippen molar-refractivity contribution in [3.8, 4) is 0 Å². The summed E-state index contributed by atoms with van der Waals surface area (Å²) >= 11 is 5.20. The second kappa shape index (κ2) is 4.91. The topological polar surface area (TPSA) is 32.3 Å². The third-order valence-corrected chi connectivity index (χ3v) is 3.53. The molecule has 0 aromatic carbocycles. The molecular formula is C8H16N2OS2. The zero-order valence-corrected chi connectivity index (χ0v) is 9.71. The van der Waals surface area contributed by atoms with Gasteiger partial charge in [-0.2, -0.15) is 0 Å². The highest BCUT2D eigenvalue weighted by atomic mass is 32.2. The molecule has 0 amide bonds. The van der Waals surface area contributed by atoms with E-state index < -0.39 is 10.8 Å². The molecule has 76 valence electrons. The van der Waals surface area contributed by atoms with E-state index in [-0.39, 0.29) is 0 Å². The first kappa shape index (κ1) is 10.9. The van der Waals surface area contributed by atoms with E-state index in [2.05, 4.69) is 24.1 Å². The molecule has 3 nitrogen and oxygen atoms in total. The Morgan fingerprint density at radius 3 is 2.46 bits per heavy atom. The Balaban J connectivity index is 2.35. The Morgan fingerprint density at radius 1 is 1.46 bits per heavy atom. The van der Waals surface area contributed by atoms with Crippen molar-refractivity contribution in [2.45, 2.75) is 19.9 Å². The van der Waals surface area contributed by atoms with Crippen LogP contribution in [0.25, 0.3) is 0 Å². The van der Waals surface area contributed by atoms with E-state index >= 15 is 0 Å². The fraction of sp³-hybridized carbons (Fsp3) is 0.875. The maximum Gasteiger partial charge on any atom is 0.169 e. The largest absolute Gasteiger partial charge is 0.360 e. The van der Waals surface area contributed by atoms with Crippen LogP contribution in [-0.4, -0.2) is 44.9 Å². The molecular weight excluding hydrogens is 204 g/mol. The van der Waals surface area contributed by atoms with Gasteiger partial charge in [-0.25, -0.2) is 0 Å². The lowest BCUT2D eigenvalue weighted by molar-refractivity contribution is 0.441. The highest BCUT2D eigenvalue weighted by Gasteiger charge is 2.17. The molecule has 0 saturated carbocycles. The summed E-state index contributed by atoms with van der Waals surface area (Å²) in [6.45, 7) is 5.78. The molecule has 0 aliphatic carbocycles. The first-order chi connectivity index (χ1) is 6.09. The Kier molecular flexibility index (Phi) is 4.12. The van der Waals surface area contributed by atoms with Crippen molar-refractivity contribution in [3.63, 3.8) is 0 Å². The summed E-state index contributed by atoms with van der Waals surface area (Å²) in [6, 6.07) is 0.375. The van der Waals surface area contributed by atoms with Crippen molar-refractivity contribution in [3.05, 3.63) is 0 Å². The minimum Gasteiger partial charge on any atom is -0.360 e. The molecule has 1 aliphatic rings. The molecule has 0 atom stereocenters. The average molecular weight is 220 g/mol. The highest BCUT2D eigenvalue weighted by Crippen LogP contribution is 2.00. The van der Waals surface area contributed by atoms with Crippen LogP contribution in [-0.2, 0) is 10.8 Å². The summed E-state index contributed by atoms with van der Waals surface area (Å²) in [7, 11) is -0.619. The SMILES string of the molecule is CC(C)NC(=S)N1CCS(=O)CC1. The van der Waals surface area contributed by atoms with Crippen LogP contribution < -0.4 is 5.32 Å². The predicted molar refractivity (Wildman–Crippen MR) is 60.3 cm³/mol. The van der Waals surface area contributed by atoms with E-state index in [4.69, 9.17) is 12.2 Å². The van der Waals surface area contributed by atoms with Crippen molar-refractivity contribution >= 4 is 28.1 Å². The molecule has 0 spiro atoms. The van der Waals surface area contributed by atoms with Gasteiger partial charge in [0.05, 0.1) is 0 Å². The number of hydrogen-bond acceptors (Lipinski definition) is 2. The summed E-state index contributed by atoms with van der Waals surface area (Å²) in [5.74, 6) is 1.50. The fourth-order valence-electron chi connectivity index (χ4n) is 1.18. The zero-order chi connectivity index (χ0) is 9.84. The highest BCUT2D eigenvalue weighted by molar-refractivity contribution is 7.85. The number of thiocarbonyl (C=S) groups is 1. The Labute approximate surface area is 87.3 Å². The molecule has 1 saturated heterocycles. The van der Waals surface area contributed by atoms with Gasteiger partial charge in [0.15, 0.2) is 5.11 Å². The summed E-state index contributed by atoms with van der Waals surface area (Å²) < 4.78 is 11.1. The van der Waals surface area contributed by atoms with Crippen LogP contribution >= 0.6 is 12.2 Å². The molecule has 0 radical (unpaired) electrons. The normalized spacial score (nSPS) is 19.2. The molecule has 13 heavy (non-hydrogen) atoms. The Bertz CT molecular complexity index is 208. The lowest BCUT2D eigenvalue weighted by atomic mass is 10.4. The van der Waals surface area contributed by atoms with Crippen molar-refractivity contribution in [2.75, 3.05) is 24.6 Å². The monoisotopic (exact) mass is 220 g/mol. The molecule has 5 heteroatoms. The average Bonchev–Trinajstić information content (AvgIpc) is 2.04. The molecule has 1 aliphatic heterocycles. The summed E-state index contributed by atoms with van der Waals surface area (Å²) in [6.07, 6.45) is 0. The molecule has 1 N–H and O–H groups in total. The van der Waals surface area contributed by atoms with Crippen LogP contribution in [0.4, 0.5) is 0 Å². The van der Waals surface area contributed by atoms with E-state index in [9.17, 15) is 4.21 Å². The van der Waals surface area contributed by atoms with Gasteiger partial charge < -0.3 is 10.2 Å². The van der Waals surface area contributed by atoms with E-state index in [0.29, 0.717) is 6.04 Å². The van der Waals surface area contributed by atoms with Gasteiger partial charge in [-0.1, -0.05) is 0 Å². The van der Waals surface area contributed by atoms with E-state index in [1.54, 1.807) is 0 Å². The molecule has 0 aromatic rings. The van der Waals surface area contributed by atoms with Gasteiger partial charge in [0.1, 0.15) is 0 Å². The van der Waals surface area contributed by atoms with Crippen LogP contribution in [0, 0.1) is 0 Å². The molecule has 0 bridgehead atoms. The van der Waals surface area contributed by atoms with E-state index in [0.717, 1.165) is 29.7 Å². The number of rotatable bonds is 1. The Hall–Kier alpha value is -0.160. The minimum absolute atomic E-state index is 0.375. The van der Waals surface area contributed by atoms with Crippen molar-refractivity contribution < 1.29 is 4.21 Å². The van der Waals surface area contributed by atoms with Gasteiger partial charge in [-0.3, -0.25) is 4.21 Å². The first-order valence-corrected chi connectivity index (χ1v) is 6.39. The maximum absolute atomic E-state index is 11.1. The number of hydrogen-bond donors (Lipinski definition) is 1. The van der Waals surface area contributed by atoms with Crippen LogP contribution in [0.2, 0.25) is 0 Å². The number of nitrogens with zero attached hydrogens (tertiary/aromatic N) is 1. The van der Waals surface area contributed by atoms with Crippen molar-refractivity contribution in [2.24, 2.45) is 0 Å². The summed E-state index contributed by atoms with van der Waals surface area (Å²) in [5.41, 5.74) is 0.